The van der Waals surface area contributed by atoms with Crippen LogP contribution in [-0.4, -0.2) is 24.9 Å². The molecule has 104 valence electrons. The lowest BCUT2D eigenvalue weighted by Gasteiger charge is -2.07. The summed E-state index contributed by atoms with van der Waals surface area (Å²) >= 11 is 0. The summed E-state index contributed by atoms with van der Waals surface area (Å²) in [6.07, 6.45) is 0.0615. The maximum absolute atomic E-state index is 13.5. The van der Waals surface area contributed by atoms with Gasteiger partial charge in [-0.15, -0.1) is 0 Å². The summed E-state index contributed by atoms with van der Waals surface area (Å²) in [7, 11) is 0. The van der Waals surface area contributed by atoms with Gasteiger partial charge in [-0.3, -0.25) is 9.59 Å². The molecular weight excluding hydrogens is 256 g/mol. The second-order valence-electron chi connectivity index (χ2n) is 3.82. The molecule has 0 saturated heterocycles. The first-order valence-corrected chi connectivity index (χ1v) is 5.75. The molecule has 7 heteroatoms. The molecule has 0 saturated carbocycles. The van der Waals surface area contributed by atoms with Gasteiger partial charge in [-0.1, -0.05) is 0 Å². The zero-order valence-corrected chi connectivity index (χ0v) is 10.4. The molecule has 0 unspecified atom stereocenters. The molecule has 0 aliphatic carbocycles. The zero-order valence-electron chi connectivity index (χ0n) is 10.4. The number of hydrogen-bond acceptors (Lipinski definition) is 3. The molecule has 5 nitrogen and oxygen atoms in total. The van der Waals surface area contributed by atoms with Crippen molar-refractivity contribution in [1.29, 1.82) is 0 Å². The van der Waals surface area contributed by atoms with Gasteiger partial charge in [0.05, 0.1) is 11.3 Å². The minimum Gasteiger partial charge on any atom is -0.396 e. The first kappa shape index (κ1) is 14.9. The van der Waals surface area contributed by atoms with Gasteiger partial charge < -0.3 is 16.4 Å². The predicted octanol–water partition coefficient (Wildman–Crippen LogP) is 0.803. The van der Waals surface area contributed by atoms with Crippen LogP contribution in [0.3, 0.4) is 0 Å². The topological polar surface area (TPSA) is 84.2 Å². The highest BCUT2D eigenvalue weighted by molar-refractivity contribution is 5.95. The highest BCUT2D eigenvalue weighted by Crippen LogP contribution is 2.17. The summed E-state index contributed by atoms with van der Waals surface area (Å²) in [5, 5.41) is 4.87. The molecule has 0 fully saturated rings. The van der Waals surface area contributed by atoms with Crippen LogP contribution in [0.2, 0.25) is 0 Å². The Morgan fingerprint density at radius 3 is 2.58 bits per heavy atom. The molecule has 2 amide bonds. The third kappa shape index (κ3) is 4.20. The quantitative estimate of drug-likeness (QED) is 0.693. The molecule has 1 aromatic carbocycles. The Morgan fingerprint density at radius 1 is 1.26 bits per heavy atom. The van der Waals surface area contributed by atoms with E-state index in [2.05, 4.69) is 10.6 Å². The van der Waals surface area contributed by atoms with E-state index in [9.17, 15) is 18.4 Å². The van der Waals surface area contributed by atoms with Gasteiger partial charge in [0, 0.05) is 19.5 Å². The van der Waals surface area contributed by atoms with Crippen LogP contribution in [0.15, 0.2) is 12.1 Å². The van der Waals surface area contributed by atoms with E-state index >= 15 is 0 Å². The first-order valence-electron chi connectivity index (χ1n) is 5.75. The number of halogens is 2. The van der Waals surface area contributed by atoms with Gasteiger partial charge in [0.15, 0.2) is 5.82 Å². The number of benzene rings is 1. The summed E-state index contributed by atoms with van der Waals surface area (Å²) < 4.78 is 26.5. The SMILES string of the molecule is CCNC(=O)CCNC(=O)c1cc(F)cc(N)c1F. The summed E-state index contributed by atoms with van der Waals surface area (Å²) in [6.45, 7) is 2.28. The molecule has 1 aromatic rings. The van der Waals surface area contributed by atoms with Gasteiger partial charge in [0.1, 0.15) is 5.82 Å². The van der Waals surface area contributed by atoms with Crippen LogP contribution in [0, 0.1) is 11.6 Å². The van der Waals surface area contributed by atoms with Gasteiger partial charge in [-0.25, -0.2) is 8.78 Å². The third-order valence-corrected chi connectivity index (χ3v) is 2.32. The van der Waals surface area contributed by atoms with Gasteiger partial charge in [-0.2, -0.15) is 0 Å². The number of nitrogens with two attached hydrogens (primary N) is 1. The Labute approximate surface area is 109 Å². The lowest BCUT2D eigenvalue weighted by atomic mass is 10.1. The number of amides is 2. The van der Waals surface area contributed by atoms with Crippen LogP contribution in [-0.2, 0) is 4.79 Å². The van der Waals surface area contributed by atoms with Crippen LogP contribution >= 0.6 is 0 Å². The fourth-order valence-electron chi connectivity index (χ4n) is 1.45. The Bertz CT molecular complexity index is 492. The van der Waals surface area contributed by atoms with E-state index in [0.717, 1.165) is 12.1 Å². The smallest absolute Gasteiger partial charge is 0.254 e. The van der Waals surface area contributed by atoms with E-state index in [1.165, 1.54) is 0 Å². The van der Waals surface area contributed by atoms with Crippen LogP contribution < -0.4 is 16.4 Å². The van der Waals surface area contributed by atoms with Crippen molar-refractivity contribution in [1.82, 2.24) is 10.6 Å². The minimum atomic E-state index is -0.975. The normalized spacial score (nSPS) is 10.1. The largest absolute Gasteiger partial charge is 0.396 e. The summed E-state index contributed by atoms with van der Waals surface area (Å²) in [6, 6.07) is 1.55. The van der Waals surface area contributed by atoms with Crippen molar-refractivity contribution >= 4 is 17.5 Å². The molecule has 4 N–H and O–H groups in total. The second-order valence-corrected chi connectivity index (χ2v) is 3.82. The Balaban J connectivity index is 2.62. The summed E-state index contributed by atoms with van der Waals surface area (Å²) in [5.41, 5.74) is 4.30. The number of rotatable bonds is 5. The molecule has 0 spiro atoms. The van der Waals surface area contributed by atoms with Gasteiger partial charge in [0.25, 0.3) is 5.91 Å². The molecule has 19 heavy (non-hydrogen) atoms. The Kier molecular flexibility index (Phi) is 5.23. The molecule has 0 radical (unpaired) electrons. The fraction of sp³-hybridized carbons (Fsp3) is 0.333. The van der Waals surface area contributed by atoms with E-state index < -0.39 is 28.8 Å². The average molecular weight is 271 g/mol. The van der Waals surface area contributed by atoms with E-state index in [1.54, 1.807) is 6.92 Å². The van der Waals surface area contributed by atoms with E-state index in [0.29, 0.717) is 6.54 Å². The van der Waals surface area contributed by atoms with Crippen LogP contribution in [0.4, 0.5) is 14.5 Å². The number of anilines is 1. The third-order valence-electron chi connectivity index (χ3n) is 2.32. The van der Waals surface area contributed by atoms with Crippen LogP contribution in [0.25, 0.3) is 0 Å². The Hall–Kier alpha value is -2.18. The number of carbonyl (C=O) groups excluding carboxylic acids is 2. The predicted molar refractivity (Wildman–Crippen MR) is 66.4 cm³/mol. The highest BCUT2D eigenvalue weighted by atomic mass is 19.1. The van der Waals surface area contributed by atoms with Gasteiger partial charge in [-0.05, 0) is 19.1 Å². The van der Waals surface area contributed by atoms with E-state index in [-0.39, 0.29) is 18.9 Å². The van der Waals surface area contributed by atoms with Crippen LogP contribution in [0.1, 0.15) is 23.7 Å². The van der Waals surface area contributed by atoms with Gasteiger partial charge >= 0.3 is 0 Å². The molecule has 0 aromatic heterocycles. The van der Waals surface area contributed by atoms with Crippen molar-refractivity contribution in [2.24, 2.45) is 0 Å². The van der Waals surface area contributed by atoms with Crippen molar-refractivity contribution in [3.63, 3.8) is 0 Å². The van der Waals surface area contributed by atoms with Crippen molar-refractivity contribution in [3.05, 3.63) is 29.3 Å². The lowest BCUT2D eigenvalue weighted by Crippen LogP contribution is -2.31. The standard InChI is InChI=1S/C12H15F2N3O2/c1-2-16-10(18)3-4-17-12(19)8-5-7(13)6-9(15)11(8)14/h5-6H,2-4,15H2,1H3,(H,16,18)(H,17,19). The van der Waals surface area contributed by atoms with E-state index in [4.69, 9.17) is 5.73 Å². The lowest BCUT2D eigenvalue weighted by molar-refractivity contribution is -0.120. The van der Waals surface area contributed by atoms with Crippen molar-refractivity contribution in [2.45, 2.75) is 13.3 Å². The summed E-state index contributed by atoms with van der Waals surface area (Å²) in [4.78, 5) is 22.7. The van der Waals surface area contributed by atoms with Crippen molar-refractivity contribution < 1.29 is 18.4 Å². The number of carbonyl (C=O) groups is 2. The Morgan fingerprint density at radius 2 is 1.95 bits per heavy atom. The maximum Gasteiger partial charge on any atom is 0.254 e. The van der Waals surface area contributed by atoms with Crippen molar-refractivity contribution in [2.75, 3.05) is 18.8 Å². The van der Waals surface area contributed by atoms with Gasteiger partial charge in [0.2, 0.25) is 5.91 Å². The molecule has 0 bridgehead atoms. The van der Waals surface area contributed by atoms with Crippen LogP contribution in [0.5, 0.6) is 0 Å². The zero-order chi connectivity index (χ0) is 14.4. The number of nitrogen functional groups attached to an aromatic ring is 1. The molecular formula is C12H15F2N3O2. The molecule has 0 aliphatic heterocycles. The maximum atomic E-state index is 13.5. The molecule has 0 atom stereocenters. The molecule has 0 aliphatic rings. The van der Waals surface area contributed by atoms with E-state index in [1.807, 2.05) is 0 Å². The first-order chi connectivity index (χ1) is 8.95. The summed E-state index contributed by atoms with van der Waals surface area (Å²) in [5.74, 6) is -2.82. The van der Waals surface area contributed by atoms with Crippen molar-refractivity contribution in [3.8, 4) is 0 Å². The number of nitrogens with one attached hydrogen (secondary N) is 2. The second kappa shape index (κ2) is 6.67. The fourth-order valence-corrected chi connectivity index (χ4v) is 1.45. The minimum absolute atomic E-state index is 0.0283. The average Bonchev–Trinajstić information content (AvgIpc) is 2.33. The number of hydrogen-bond donors (Lipinski definition) is 3. The highest BCUT2D eigenvalue weighted by Gasteiger charge is 2.15. The molecule has 1 rings (SSSR count). The molecule has 0 heterocycles. The monoisotopic (exact) mass is 271 g/mol.